The number of ether oxygens (including phenoxy) is 1. The van der Waals surface area contributed by atoms with Crippen LogP contribution < -0.4 is 10.5 Å². The number of halogens is 2. The maximum absolute atomic E-state index is 13.8. The molecule has 0 saturated heterocycles. The molecule has 18 heavy (non-hydrogen) atoms. The van der Waals surface area contributed by atoms with Crippen molar-refractivity contribution in [2.45, 2.75) is 6.04 Å². The zero-order valence-corrected chi connectivity index (χ0v) is 11.2. The van der Waals surface area contributed by atoms with Crippen molar-refractivity contribution in [3.63, 3.8) is 0 Å². The van der Waals surface area contributed by atoms with E-state index in [1.165, 1.54) is 25.6 Å². The fourth-order valence-electron chi connectivity index (χ4n) is 1.61. The Morgan fingerprint density at radius 3 is 2.78 bits per heavy atom. The van der Waals surface area contributed by atoms with Gasteiger partial charge in [-0.05, 0) is 18.2 Å². The number of hydrogen-bond donors (Lipinski definition) is 1. The molecular weight excluding hydrogens is 301 g/mol. The lowest BCUT2D eigenvalue weighted by molar-refractivity contribution is 0.386. The van der Waals surface area contributed by atoms with E-state index >= 15 is 0 Å². The molecule has 0 amide bonds. The van der Waals surface area contributed by atoms with Crippen molar-refractivity contribution in [3.8, 4) is 5.88 Å². The van der Waals surface area contributed by atoms with Gasteiger partial charge in [-0.3, -0.25) is 4.98 Å². The minimum Gasteiger partial charge on any atom is -0.480 e. The first-order chi connectivity index (χ1) is 8.63. The molecule has 0 radical (unpaired) electrons. The number of aromatic nitrogens is 2. The minimum atomic E-state index is -0.730. The van der Waals surface area contributed by atoms with Crippen LogP contribution in [0.25, 0.3) is 0 Å². The van der Waals surface area contributed by atoms with Crippen molar-refractivity contribution in [2.75, 3.05) is 7.11 Å². The zero-order chi connectivity index (χ0) is 13.1. The van der Waals surface area contributed by atoms with E-state index in [4.69, 9.17) is 10.5 Å². The van der Waals surface area contributed by atoms with E-state index in [9.17, 15) is 4.39 Å². The summed E-state index contributed by atoms with van der Waals surface area (Å²) < 4.78 is 19.6. The Kier molecular flexibility index (Phi) is 3.88. The highest BCUT2D eigenvalue weighted by Gasteiger charge is 2.19. The van der Waals surface area contributed by atoms with Gasteiger partial charge in [0, 0.05) is 22.4 Å². The Labute approximate surface area is 112 Å². The van der Waals surface area contributed by atoms with E-state index in [1.807, 2.05) is 0 Å². The summed E-state index contributed by atoms with van der Waals surface area (Å²) in [5.41, 5.74) is 6.76. The number of benzene rings is 1. The van der Waals surface area contributed by atoms with Crippen LogP contribution >= 0.6 is 15.9 Å². The summed E-state index contributed by atoms with van der Waals surface area (Å²) in [4.78, 5) is 8.10. The highest BCUT2D eigenvalue weighted by molar-refractivity contribution is 9.10. The van der Waals surface area contributed by atoms with Crippen LogP contribution in [0, 0.1) is 5.82 Å². The molecule has 6 heteroatoms. The molecule has 4 nitrogen and oxygen atoms in total. The molecule has 94 valence electrons. The minimum absolute atomic E-state index is 0.296. The van der Waals surface area contributed by atoms with E-state index in [0.29, 0.717) is 17.1 Å². The molecular formula is C12H11BrFN3O. The normalized spacial score (nSPS) is 12.2. The van der Waals surface area contributed by atoms with Crippen LogP contribution in [0.3, 0.4) is 0 Å². The average molecular weight is 312 g/mol. The second-order valence-corrected chi connectivity index (χ2v) is 4.51. The van der Waals surface area contributed by atoms with Gasteiger partial charge in [-0.15, -0.1) is 0 Å². The number of nitrogens with two attached hydrogens (primary N) is 1. The first-order valence-electron chi connectivity index (χ1n) is 5.19. The summed E-state index contributed by atoms with van der Waals surface area (Å²) >= 11 is 3.28. The van der Waals surface area contributed by atoms with Crippen molar-refractivity contribution in [1.29, 1.82) is 0 Å². The van der Waals surface area contributed by atoms with Gasteiger partial charge in [-0.1, -0.05) is 15.9 Å². The van der Waals surface area contributed by atoms with Gasteiger partial charge in [-0.2, -0.15) is 0 Å². The first-order valence-corrected chi connectivity index (χ1v) is 5.98. The highest BCUT2D eigenvalue weighted by Crippen LogP contribution is 2.27. The van der Waals surface area contributed by atoms with Crippen LogP contribution in [-0.4, -0.2) is 17.1 Å². The molecule has 2 N–H and O–H groups in total. The van der Waals surface area contributed by atoms with Crippen LogP contribution in [0.4, 0.5) is 4.39 Å². The molecule has 1 heterocycles. The lowest BCUT2D eigenvalue weighted by Gasteiger charge is -2.14. The topological polar surface area (TPSA) is 61.0 Å². The molecule has 1 unspecified atom stereocenters. The molecule has 0 saturated carbocycles. The lowest BCUT2D eigenvalue weighted by atomic mass is 10.0. The van der Waals surface area contributed by atoms with Crippen LogP contribution in [0.2, 0.25) is 0 Å². The fraction of sp³-hybridized carbons (Fsp3) is 0.167. The van der Waals surface area contributed by atoms with Crippen molar-refractivity contribution in [1.82, 2.24) is 9.97 Å². The lowest BCUT2D eigenvalue weighted by Crippen LogP contribution is -2.16. The third-order valence-electron chi connectivity index (χ3n) is 2.47. The maximum Gasteiger partial charge on any atom is 0.237 e. The molecule has 0 fully saturated rings. The monoisotopic (exact) mass is 311 g/mol. The van der Waals surface area contributed by atoms with Gasteiger partial charge < -0.3 is 10.5 Å². The zero-order valence-electron chi connectivity index (χ0n) is 9.60. The molecule has 0 aliphatic carbocycles. The Morgan fingerprint density at radius 1 is 1.33 bits per heavy atom. The predicted octanol–water partition coefficient (Wildman–Crippen LogP) is 2.43. The fourth-order valence-corrected chi connectivity index (χ4v) is 1.99. The van der Waals surface area contributed by atoms with Crippen LogP contribution in [-0.2, 0) is 0 Å². The second kappa shape index (κ2) is 5.41. The standard InChI is InChI=1S/C12H11BrFN3O/c1-18-12-11(16-4-5-17-12)10(15)8-6-7(13)2-3-9(8)14/h2-6,10H,15H2,1H3. The quantitative estimate of drug-likeness (QED) is 0.945. The van der Waals surface area contributed by atoms with E-state index in [-0.39, 0.29) is 0 Å². The van der Waals surface area contributed by atoms with Gasteiger partial charge >= 0.3 is 0 Å². The van der Waals surface area contributed by atoms with Crippen LogP contribution in [0.5, 0.6) is 5.88 Å². The van der Waals surface area contributed by atoms with Crippen molar-refractivity contribution in [2.24, 2.45) is 5.73 Å². The number of hydrogen-bond acceptors (Lipinski definition) is 4. The molecule has 1 aromatic carbocycles. The van der Waals surface area contributed by atoms with Gasteiger partial charge in [-0.25, -0.2) is 9.37 Å². The summed E-state index contributed by atoms with van der Waals surface area (Å²) in [5, 5.41) is 0. The third-order valence-corrected chi connectivity index (χ3v) is 2.97. The number of nitrogens with zero attached hydrogens (tertiary/aromatic N) is 2. The van der Waals surface area contributed by atoms with E-state index in [1.54, 1.807) is 12.1 Å². The van der Waals surface area contributed by atoms with Gasteiger partial charge in [0.1, 0.15) is 11.5 Å². The molecule has 1 aromatic heterocycles. The number of rotatable bonds is 3. The van der Waals surface area contributed by atoms with E-state index in [0.717, 1.165) is 4.47 Å². The molecule has 1 atom stereocenters. The summed E-state index contributed by atoms with van der Waals surface area (Å²) in [6.45, 7) is 0. The predicted molar refractivity (Wildman–Crippen MR) is 68.7 cm³/mol. The Hall–Kier alpha value is -1.53. The Morgan fingerprint density at radius 2 is 2.06 bits per heavy atom. The van der Waals surface area contributed by atoms with Gasteiger partial charge in [0.2, 0.25) is 5.88 Å². The highest BCUT2D eigenvalue weighted by atomic mass is 79.9. The Balaban J connectivity index is 2.47. The molecule has 2 rings (SSSR count). The van der Waals surface area contributed by atoms with Crippen LogP contribution in [0.1, 0.15) is 17.3 Å². The maximum atomic E-state index is 13.8. The summed E-state index contributed by atoms with van der Waals surface area (Å²) in [7, 11) is 1.47. The molecule has 0 bridgehead atoms. The molecule has 0 aliphatic heterocycles. The van der Waals surface area contributed by atoms with Crippen molar-refractivity contribution >= 4 is 15.9 Å². The van der Waals surface area contributed by atoms with Gasteiger partial charge in [0.25, 0.3) is 0 Å². The van der Waals surface area contributed by atoms with Crippen molar-refractivity contribution < 1.29 is 9.13 Å². The Bertz CT molecular complexity index is 565. The second-order valence-electron chi connectivity index (χ2n) is 3.59. The smallest absolute Gasteiger partial charge is 0.237 e. The molecule has 0 aliphatic rings. The third kappa shape index (κ3) is 2.49. The summed E-state index contributed by atoms with van der Waals surface area (Å²) in [5.74, 6) is -0.0946. The molecule has 2 aromatic rings. The van der Waals surface area contributed by atoms with Crippen LogP contribution in [0.15, 0.2) is 35.1 Å². The SMILES string of the molecule is COc1nccnc1C(N)c1cc(Br)ccc1F. The first kappa shape index (κ1) is 12.9. The van der Waals surface area contributed by atoms with Gasteiger partial charge in [0.15, 0.2) is 0 Å². The average Bonchev–Trinajstić information content (AvgIpc) is 2.40. The summed E-state index contributed by atoms with van der Waals surface area (Å²) in [6, 6.07) is 3.85. The van der Waals surface area contributed by atoms with Gasteiger partial charge in [0.05, 0.1) is 13.2 Å². The van der Waals surface area contributed by atoms with E-state index < -0.39 is 11.9 Å². The largest absolute Gasteiger partial charge is 0.480 e. The van der Waals surface area contributed by atoms with Crippen molar-refractivity contribution in [3.05, 3.63) is 52.1 Å². The molecule has 0 spiro atoms. The summed E-state index contributed by atoms with van der Waals surface area (Å²) in [6.07, 6.45) is 2.99. The van der Waals surface area contributed by atoms with E-state index in [2.05, 4.69) is 25.9 Å². The number of methoxy groups -OCH3 is 1.